The molecule has 2 aromatic rings. The van der Waals surface area contributed by atoms with Crippen LogP contribution in [0.5, 0.6) is 5.75 Å². The average molecular weight is 295 g/mol. The maximum atomic E-state index is 11.0. The molecular formula is C17H17N3O2. The highest BCUT2D eigenvalue weighted by atomic mass is 16.5. The summed E-state index contributed by atoms with van der Waals surface area (Å²) in [6.45, 7) is 1.34. The van der Waals surface area contributed by atoms with Gasteiger partial charge < -0.3 is 15.8 Å². The van der Waals surface area contributed by atoms with Crippen molar-refractivity contribution in [3.05, 3.63) is 59.7 Å². The van der Waals surface area contributed by atoms with Crippen molar-refractivity contribution < 1.29 is 9.53 Å². The number of hydrogen-bond donors (Lipinski definition) is 2. The smallest absolute Gasteiger partial charge is 0.248 e. The highest BCUT2D eigenvalue weighted by Gasteiger charge is 1.99. The van der Waals surface area contributed by atoms with Gasteiger partial charge in [0.1, 0.15) is 5.75 Å². The van der Waals surface area contributed by atoms with Gasteiger partial charge in [-0.3, -0.25) is 4.79 Å². The number of anilines is 1. The maximum absolute atomic E-state index is 11.0. The van der Waals surface area contributed by atoms with E-state index in [1.165, 1.54) is 0 Å². The van der Waals surface area contributed by atoms with E-state index in [-0.39, 0.29) is 0 Å². The monoisotopic (exact) mass is 295 g/mol. The number of nitrogens with one attached hydrogen (secondary N) is 1. The highest BCUT2D eigenvalue weighted by Crippen LogP contribution is 2.12. The van der Waals surface area contributed by atoms with Gasteiger partial charge in [-0.25, -0.2) is 0 Å². The van der Waals surface area contributed by atoms with Gasteiger partial charge in [0.05, 0.1) is 18.2 Å². The van der Waals surface area contributed by atoms with Gasteiger partial charge in [-0.15, -0.1) is 0 Å². The van der Waals surface area contributed by atoms with E-state index in [2.05, 4.69) is 11.4 Å². The highest BCUT2D eigenvalue weighted by molar-refractivity contribution is 5.93. The molecule has 0 spiro atoms. The largest absolute Gasteiger partial charge is 0.494 e. The summed E-state index contributed by atoms with van der Waals surface area (Å²) in [5.41, 5.74) is 7.23. The zero-order valence-corrected chi connectivity index (χ0v) is 12.1. The summed E-state index contributed by atoms with van der Waals surface area (Å²) in [7, 11) is 0. The van der Waals surface area contributed by atoms with Gasteiger partial charge in [0, 0.05) is 17.8 Å². The minimum absolute atomic E-state index is 0.428. The number of carbonyl (C=O) groups excluding carboxylic acids is 1. The Labute approximate surface area is 129 Å². The number of rotatable bonds is 7. The van der Waals surface area contributed by atoms with Crippen LogP contribution in [0.15, 0.2) is 48.5 Å². The number of benzene rings is 2. The summed E-state index contributed by atoms with van der Waals surface area (Å²) >= 11 is 0. The molecule has 22 heavy (non-hydrogen) atoms. The first kappa shape index (κ1) is 15.4. The predicted molar refractivity (Wildman–Crippen MR) is 84.7 cm³/mol. The van der Waals surface area contributed by atoms with Crippen molar-refractivity contribution in [2.75, 3.05) is 18.5 Å². The summed E-state index contributed by atoms with van der Waals surface area (Å²) < 4.78 is 5.58. The predicted octanol–water partition coefficient (Wildman–Crippen LogP) is 2.54. The molecule has 0 aliphatic carbocycles. The van der Waals surface area contributed by atoms with E-state index in [0.29, 0.717) is 17.7 Å². The molecule has 5 nitrogen and oxygen atoms in total. The second kappa shape index (κ2) is 7.70. The van der Waals surface area contributed by atoms with Gasteiger partial charge in [-0.2, -0.15) is 5.26 Å². The van der Waals surface area contributed by atoms with Gasteiger partial charge in [0.15, 0.2) is 0 Å². The van der Waals surface area contributed by atoms with Crippen LogP contribution in [-0.2, 0) is 0 Å². The Hall–Kier alpha value is -3.00. The minimum atomic E-state index is -0.428. The zero-order chi connectivity index (χ0) is 15.8. The van der Waals surface area contributed by atoms with Crippen molar-refractivity contribution in [2.24, 2.45) is 5.73 Å². The zero-order valence-electron chi connectivity index (χ0n) is 12.1. The molecule has 0 heterocycles. The van der Waals surface area contributed by atoms with E-state index in [9.17, 15) is 4.79 Å². The van der Waals surface area contributed by atoms with Gasteiger partial charge in [0.2, 0.25) is 5.91 Å². The van der Waals surface area contributed by atoms with Crippen LogP contribution in [0, 0.1) is 11.3 Å². The van der Waals surface area contributed by atoms with E-state index in [4.69, 9.17) is 15.7 Å². The topological polar surface area (TPSA) is 88.1 Å². The van der Waals surface area contributed by atoms with Crippen molar-refractivity contribution in [3.8, 4) is 11.8 Å². The molecular weight excluding hydrogens is 278 g/mol. The van der Waals surface area contributed by atoms with Crippen LogP contribution in [0.1, 0.15) is 22.3 Å². The Morgan fingerprint density at radius 2 is 1.82 bits per heavy atom. The second-order valence-corrected chi connectivity index (χ2v) is 4.71. The Kier molecular flexibility index (Phi) is 5.38. The molecule has 0 fully saturated rings. The third-order valence-electron chi connectivity index (χ3n) is 3.07. The molecule has 0 bridgehead atoms. The van der Waals surface area contributed by atoms with Crippen LogP contribution in [0.2, 0.25) is 0 Å². The lowest BCUT2D eigenvalue weighted by molar-refractivity contribution is 0.100. The van der Waals surface area contributed by atoms with E-state index in [0.717, 1.165) is 24.4 Å². The SMILES string of the molecule is N#Cc1ccc(OCCCNc2ccc(C(N)=O)cc2)cc1. The van der Waals surface area contributed by atoms with E-state index in [1.54, 1.807) is 36.4 Å². The second-order valence-electron chi connectivity index (χ2n) is 4.71. The molecule has 112 valence electrons. The molecule has 0 radical (unpaired) electrons. The lowest BCUT2D eigenvalue weighted by Gasteiger charge is -2.08. The quantitative estimate of drug-likeness (QED) is 0.768. The number of nitrogens with two attached hydrogens (primary N) is 1. The number of ether oxygens (including phenoxy) is 1. The average Bonchev–Trinajstić information content (AvgIpc) is 2.55. The molecule has 0 saturated carbocycles. The van der Waals surface area contributed by atoms with Gasteiger partial charge in [-0.05, 0) is 55.0 Å². The molecule has 2 rings (SSSR count). The van der Waals surface area contributed by atoms with Gasteiger partial charge in [0.25, 0.3) is 0 Å². The number of nitrogens with zero attached hydrogens (tertiary/aromatic N) is 1. The van der Waals surface area contributed by atoms with Crippen LogP contribution in [0.4, 0.5) is 5.69 Å². The van der Waals surface area contributed by atoms with Crippen LogP contribution < -0.4 is 15.8 Å². The van der Waals surface area contributed by atoms with Crippen LogP contribution in [-0.4, -0.2) is 19.1 Å². The molecule has 5 heteroatoms. The van der Waals surface area contributed by atoms with E-state index < -0.39 is 5.91 Å². The third kappa shape index (κ3) is 4.53. The van der Waals surface area contributed by atoms with Crippen molar-refractivity contribution in [1.29, 1.82) is 5.26 Å². The first-order chi connectivity index (χ1) is 10.7. The lowest BCUT2D eigenvalue weighted by atomic mass is 10.2. The fraction of sp³-hybridized carbons (Fsp3) is 0.176. The molecule has 1 amide bonds. The Balaban J connectivity index is 1.68. The number of carbonyl (C=O) groups is 1. The first-order valence-corrected chi connectivity index (χ1v) is 6.96. The van der Waals surface area contributed by atoms with Crippen molar-refractivity contribution >= 4 is 11.6 Å². The lowest BCUT2D eigenvalue weighted by Crippen LogP contribution is -2.11. The number of amides is 1. The summed E-state index contributed by atoms with van der Waals surface area (Å²) in [5.74, 6) is 0.326. The first-order valence-electron chi connectivity index (χ1n) is 6.96. The molecule has 0 atom stereocenters. The third-order valence-corrected chi connectivity index (χ3v) is 3.07. The van der Waals surface area contributed by atoms with Crippen LogP contribution in [0.25, 0.3) is 0 Å². The summed E-state index contributed by atoms with van der Waals surface area (Å²) in [6, 6.07) is 16.1. The molecule has 2 aromatic carbocycles. The summed E-state index contributed by atoms with van der Waals surface area (Å²) in [5, 5.41) is 11.9. The molecule has 0 saturated heterocycles. The fourth-order valence-electron chi connectivity index (χ4n) is 1.87. The fourth-order valence-corrected chi connectivity index (χ4v) is 1.87. The Morgan fingerprint density at radius 1 is 1.14 bits per heavy atom. The Morgan fingerprint density at radius 3 is 2.41 bits per heavy atom. The molecule has 0 aliphatic rings. The minimum Gasteiger partial charge on any atom is -0.494 e. The standard InChI is InChI=1S/C17H17N3O2/c18-12-13-2-8-16(9-3-13)22-11-1-10-20-15-6-4-14(5-7-15)17(19)21/h2-9,20H,1,10-11H2,(H2,19,21). The van der Waals surface area contributed by atoms with Crippen LogP contribution in [0.3, 0.4) is 0 Å². The van der Waals surface area contributed by atoms with Crippen molar-refractivity contribution in [2.45, 2.75) is 6.42 Å². The van der Waals surface area contributed by atoms with Crippen LogP contribution >= 0.6 is 0 Å². The van der Waals surface area contributed by atoms with Gasteiger partial charge >= 0.3 is 0 Å². The molecule has 0 aliphatic heterocycles. The van der Waals surface area contributed by atoms with Crippen molar-refractivity contribution in [3.63, 3.8) is 0 Å². The van der Waals surface area contributed by atoms with E-state index in [1.807, 2.05) is 12.1 Å². The number of hydrogen-bond acceptors (Lipinski definition) is 4. The normalized spacial score (nSPS) is 9.77. The van der Waals surface area contributed by atoms with E-state index >= 15 is 0 Å². The molecule has 0 unspecified atom stereocenters. The number of primary amides is 1. The summed E-state index contributed by atoms with van der Waals surface area (Å²) in [4.78, 5) is 11.0. The number of nitriles is 1. The Bertz CT molecular complexity index is 658. The van der Waals surface area contributed by atoms with Gasteiger partial charge in [-0.1, -0.05) is 0 Å². The van der Waals surface area contributed by atoms with Crippen molar-refractivity contribution in [1.82, 2.24) is 0 Å². The summed E-state index contributed by atoms with van der Waals surface area (Å²) in [6.07, 6.45) is 0.831. The maximum Gasteiger partial charge on any atom is 0.248 e. The molecule has 3 N–H and O–H groups in total. The molecule has 0 aromatic heterocycles.